The van der Waals surface area contributed by atoms with Gasteiger partial charge in [-0.15, -0.1) is 0 Å². The molecule has 0 saturated carbocycles. The first-order valence-electron chi connectivity index (χ1n) is 8.40. The minimum Gasteiger partial charge on any atom is -0.497 e. The molecule has 1 unspecified atom stereocenters. The maximum Gasteiger partial charge on any atom is 0.244 e. The van der Waals surface area contributed by atoms with Crippen molar-refractivity contribution in [1.29, 1.82) is 0 Å². The van der Waals surface area contributed by atoms with Crippen LogP contribution in [0.15, 0.2) is 48.5 Å². The molecule has 2 aromatic rings. The van der Waals surface area contributed by atoms with Gasteiger partial charge in [-0.2, -0.15) is 0 Å². The Bertz CT molecular complexity index is 747. The summed E-state index contributed by atoms with van der Waals surface area (Å²) in [5.41, 5.74) is 1.85. The molecule has 138 valence electrons. The third-order valence-corrected chi connectivity index (χ3v) is 4.25. The standard InChI is InChI=1S/C21H24ClNO3/c1-14(2)21(16-6-8-17(22)9-7-16)23-20(24)10-5-15-11-18(25-3)13-19(12-15)26-4/h5-14,21H,1-4H3,(H,23,24)/b10-5+. The van der Waals surface area contributed by atoms with E-state index in [0.717, 1.165) is 11.1 Å². The van der Waals surface area contributed by atoms with E-state index in [9.17, 15) is 4.79 Å². The summed E-state index contributed by atoms with van der Waals surface area (Å²) in [4.78, 5) is 12.4. The van der Waals surface area contributed by atoms with E-state index in [1.165, 1.54) is 6.08 Å². The Morgan fingerprint density at radius 3 is 2.12 bits per heavy atom. The Balaban J connectivity index is 2.13. The van der Waals surface area contributed by atoms with Crippen molar-refractivity contribution < 1.29 is 14.3 Å². The molecule has 1 amide bonds. The van der Waals surface area contributed by atoms with E-state index in [0.29, 0.717) is 16.5 Å². The molecule has 0 aliphatic heterocycles. The van der Waals surface area contributed by atoms with E-state index in [2.05, 4.69) is 19.2 Å². The van der Waals surface area contributed by atoms with Crippen LogP contribution in [0.5, 0.6) is 11.5 Å². The predicted octanol–water partition coefficient (Wildman–Crippen LogP) is 4.88. The summed E-state index contributed by atoms with van der Waals surface area (Å²) >= 11 is 5.95. The first-order valence-corrected chi connectivity index (χ1v) is 8.78. The quantitative estimate of drug-likeness (QED) is 0.703. The summed E-state index contributed by atoms with van der Waals surface area (Å²) < 4.78 is 10.5. The zero-order chi connectivity index (χ0) is 19.1. The summed E-state index contributed by atoms with van der Waals surface area (Å²) in [6, 6.07) is 12.9. The lowest BCUT2D eigenvalue weighted by Crippen LogP contribution is -2.30. The van der Waals surface area contributed by atoms with E-state index in [1.54, 1.807) is 26.4 Å². The Kier molecular flexibility index (Phi) is 7.10. The number of carbonyl (C=O) groups excluding carboxylic acids is 1. The van der Waals surface area contributed by atoms with Crippen molar-refractivity contribution in [3.63, 3.8) is 0 Å². The van der Waals surface area contributed by atoms with Gasteiger partial charge >= 0.3 is 0 Å². The fourth-order valence-electron chi connectivity index (χ4n) is 2.60. The minimum atomic E-state index is -0.166. The number of halogens is 1. The number of hydrogen-bond acceptors (Lipinski definition) is 3. The molecule has 0 aliphatic carbocycles. The first kappa shape index (κ1) is 19.9. The molecule has 1 atom stereocenters. The highest BCUT2D eigenvalue weighted by molar-refractivity contribution is 6.30. The average molecular weight is 374 g/mol. The number of rotatable bonds is 7. The lowest BCUT2D eigenvalue weighted by atomic mass is 9.96. The lowest BCUT2D eigenvalue weighted by Gasteiger charge is -2.22. The van der Waals surface area contributed by atoms with Gasteiger partial charge in [0.1, 0.15) is 11.5 Å². The Morgan fingerprint density at radius 2 is 1.62 bits per heavy atom. The third kappa shape index (κ3) is 5.53. The van der Waals surface area contributed by atoms with Crippen LogP contribution in [0.3, 0.4) is 0 Å². The summed E-state index contributed by atoms with van der Waals surface area (Å²) in [5, 5.41) is 3.72. The molecule has 0 saturated heterocycles. The molecule has 0 radical (unpaired) electrons. The van der Waals surface area contributed by atoms with Crippen LogP contribution < -0.4 is 14.8 Å². The van der Waals surface area contributed by atoms with Crippen LogP contribution >= 0.6 is 11.6 Å². The number of hydrogen-bond donors (Lipinski definition) is 1. The highest BCUT2D eigenvalue weighted by Gasteiger charge is 2.17. The molecule has 2 aromatic carbocycles. The van der Waals surface area contributed by atoms with Gasteiger partial charge in [-0.3, -0.25) is 4.79 Å². The minimum absolute atomic E-state index is 0.0933. The van der Waals surface area contributed by atoms with Gasteiger partial charge in [-0.1, -0.05) is 37.6 Å². The Labute approximate surface area is 159 Å². The highest BCUT2D eigenvalue weighted by Crippen LogP contribution is 2.24. The van der Waals surface area contributed by atoms with Gasteiger partial charge in [-0.25, -0.2) is 0 Å². The van der Waals surface area contributed by atoms with Crippen LogP contribution in [0.2, 0.25) is 5.02 Å². The van der Waals surface area contributed by atoms with E-state index in [4.69, 9.17) is 21.1 Å². The molecule has 1 N–H and O–H groups in total. The molecule has 0 aliphatic rings. The number of benzene rings is 2. The largest absolute Gasteiger partial charge is 0.497 e. The number of ether oxygens (including phenoxy) is 2. The molecule has 5 heteroatoms. The molecule has 0 spiro atoms. The van der Waals surface area contributed by atoms with Gasteiger partial charge in [0.2, 0.25) is 5.91 Å². The average Bonchev–Trinajstić information content (AvgIpc) is 2.64. The monoisotopic (exact) mass is 373 g/mol. The Morgan fingerprint density at radius 1 is 1.04 bits per heavy atom. The van der Waals surface area contributed by atoms with Crippen molar-refractivity contribution in [2.75, 3.05) is 14.2 Å². The van der Waals surface area contributed by atoms with Gasteiger partial charge in [-0.05, 0) is 47.4 Å². The number of nitrogens with one attached hydrogen (secondary N) is 1. The van der Waals surface area contributed by atoms with Crippen LogP contribution in [-0.4, -0.2) is 20.1 Å². The van der Waals surface area contributed by atoms with Crippen molar-refractivity contribution in [3.05, 3.63) is 64.7 Å². The molecule has 2 rings (SSSR count). The van der Waals surface area contributed by atoms with Gasteiger partial charge in [0.25, 0.3) is 0 Å². The topological polar surface area (TPSA) is 47.6 Å². The zero-order valence-corrected chi connectivity index (χ0v) is 16.2. The zero-order valence-electron chi connectivity index (χ0n) is 15.5. The summed E-state index contributed by atoms with van der Waals surface area (Å²) in [6.45, 7) is 4.13. The van der Waals surface area contributed by atoms with Gasteiger partial charge in [0.05, 0.1) is 20.3 Å². The Hall–Kier alpha value is -2.46. The van der Waals surface area contributed by atoms with Crippen LogP contribution in [0.4, 0.5) is 0 Å². The van der Waals surface area contributed by atoms with Crippen LogP contribution in [0.1, 0.15) is 31.0 Å². The van der Waals surface area contributed by atoms with Gasteiger partial charge in [0.15, 0.2) is 0 Å². The second-order valence-electron chi connectivity index (χ2n) is 6.26. The van der Waals surface area contributed by atoms with E-state index in [1.807, 2.05) is 36.4 Å². The summed E-state index contributed by atoms with van der Waals surface area (Å²) in [6.07, 6.45) is 3.25. The molecule has 4 nitrogen and oxygen atoms in total. The SMILES string of the molecule is COc1cc(/C=C/C(=O)NC(c2ccc(Cl)cc2)C(C)C)cc(OC)c1. The fourth-order valence-corrected chi connectivity index (χ4v) is 2.73. The molecule has 0 fully saturated rings. The van der Waals surface area contributed by atoms with Gasteiger partial charge in [0, 0.05) is 17.2 Å². The number of methoxy groups -OCH3 is 2. The number of amides is 1. The highest BCUT2D eigenvalue weighted by atomic mass is 35.5. The number of carbonyl (C=O) groups is 1. The molecular weight excluding hydrogens is 350 g/mol. The summed E-state index contributed by atoms with van der Waals surface area (Å²) in [5.74, 6) is 1.42. The maximum absolute atomic E-state index is 12.4. The maximum atomic E-state index is 12.4. The smallest absolute Gasteiger partial charge is 0.244 e. The van der Waals surface area contributed by atoms with E-state index < -0.39 is 0 Å². The summed E-state index contributed by atoms with van der Waals surface area (Å²) in [7, 11) is 3.18. The van der Waals surface area contributed by atoms with Crippen LogP contribution in [-0.2, 0) is 4.79 Å². The second-order valence-corrected chi connectivity index (χ2v) is 6.70. The van der Waals surface area contributed by atoms with Crippen LogP contribution in [0.25, 0.3) is 6.08 Å². The van der Waals surface area contributed by atoms with Crippen molar-refractivity contribution in [1.82, 2.24) is 5.32 Å². The third-order valence-electron chi connectivity index (χ3n) is 3.99. The van der Waals surface area contributed by atoms with E-state index in [-0.39, 0.29) is 17.9 Å². The molecule has 0 bridgehead atoms. The van der Waals surface area contributed by atoms with Crippen molar-refractivity contribution in [2.24, 2.45) is 5.92 Å². The van der Waals surface area contributed by atoms with Crippen LogP contribution in [0, 0.1) is 5.92 Å². The fraction of sp³-hybridized carbons (Fsp3) is 0.286. The molecule has 26 heavy (non-hydrogen) atoms. The first-order chi connectivity index (χ1) is 12.4. The lowest BCUT2D eigenvalue weighted by molar-refractivity contribution is -0.117. The van der Waals surface area contributed by atoms with Crippen molar-refractivity contribution in [2.45, 2.75) is 19.9 Å². The molecular formula is C21H24ClNO3. The predicted molar refractivity (Wildman–Crippen MR) is 106 cm³/mol. The normalized spacial score (nSPS) is 12.2. The molecule has 0 aromatic heterocycles. The van der Waals surface area contributed by atoms with E-state index >= 15 is 0 Å². The molecule has 0 heterocycles. The van der Waals surface area contributed by atoms with Crippen molar-refractivity contribution in [3.8, 4) is 11.5 Å². The van der Waals surface area contributed by atoms with Gasteiger partial charge < -0.3 is 14.8 Å². The van der Waals surface area contributed by atoms with Crippen molar-refractivity contribution >= 4 is 23.6 Å². The second kappa shape index (κ2) is 9.30.